The maximum Gasteiger partial charge on any atom is 0.401 e. The molecular formula is C12H20F3N3O2. The summed E-state index contributed by atoms with van der Waals surface area (Å²) in [6.45, 7) is -0.673. The standard InChI is InChI=1S/C12H20F3N3O2/c1-17(2)11(20)9-3-5-18(6-4-9)10(19)7-16-8-12(13,14)15/h9,16H,3-8H2,1-2H3. The van der Waals surface area contributed by atoms with Crippen molar-refractivity contribution in [3.63, 3.8) is 0 Å². The Morgan fingerprint density at radius 1 is 1.25 bits per heavy atom. The van der Waals surface area contributed by atoms with E-state index in [4.69, 9.17) is 0 Å². The van der Waals surface area contributed by atoms with Crippen LogP contribution in [-0.2, 0) is 9.59 Å². The van der Waals surface area contributed by atoms with Gasteiger partial charge in [-0.2, -0.15) is 13.2 Å². The Labute approximate surface area is 116 Å². The fourth-order valence-electron chi connectivity index (χ4n) is 2.16. The molecular weight excluding hydrogens is 275 g/mol. The van der Waals surface area contributed by atoms with Crippen LogP contribution >= 0.6 is 0 Å². The molecule has 0 aromatic carbocycles. The SMILES string of the molecule is CN(C)C(=O)C1CCN(C(=O)CNCC(F)(F)F)CC1. The Balaban J connectivity index is 2.31. The molecule has 0 aromatic heterocycles. The molecule has 0 atom stereocenters. The molecule has 2 amide bonds. The van der Waals surface area contributed by atoms with Crippen molar-refractivity contribution in [2.75, 3.05) is 40.3 Å². The van der Waals surface area contributed by atoms with Crippen LogP contribution in [0.5, 0.6) is 0 Å². The molecule has 1 N–H and O–H groups in total. The van der Waals surface area contributed by atoms with E-state index in [2.05, 4.69) is 5.32 Å². The first-order valence-electron chi connectivity index (χ1n) is 6.47. The number of likely N-dealkylation sites (tertiary alicyclic amines) is 1. The summed E-state index contributed by atoms with van der Waals surface area (Å²) in [5, 5.41) is 2.08. The van der Waals surface area contributed by atoms with Gasteiger partial charge in [-0.3, -0.25) is 9.59 Å². The van der Waals surface area contributed by atoms with Crippen molar-refractivity contribution >= 4 is 11.8 Å². The van der Waals surface area contributed by atoms with Crippen molar-refractivity contribution in [2.45, 2.75) is 19.0 Å². The highest BCUT2D eigenvalue weighted by Crippen LogP contribution is 2.19. The molecule has 1 aliphatic rings. The van der Waals surface area contributed by atoms with Crippen LogP contribution in [0, 0.1) is 5.92 Å². The van der Waals surface area contributed by atoms with Crippen LogP contribution in [0.25, 0.3) is 0 Å². The van der Waals surface area contributed by atoms with E-state index in [0.717, 1.165) is 0 Å². The summed E-state index contributed by atoms with van der Waals surface area (Å²) in [7, 11) is 3.36. The lowest BCUT2D eigenvalue weighted by Gasteiger charge is -2.32. The zero-order valence-electron chi connectivity index (χ0n) is 11.7. The third kappa shape index (κ3) is 5.36. The maximum absolute atomic E-state index is 11.9. The van der Waals surface area contributed by atoms with Crippen molar-refractivity contribution in [1.82, 2.24) is 15.1 Å². The Kier molecular flexibility index (Phi) is 5.79. The molecule has 0 spiro atoms. The van der Waals surface area contributed by atoms with Gasteiger partial charge in [0.2, 0.25) is 11.8 Å². The summed E-state index contributed by atoms with van der Waals surface area (Å²) >= 11 is 0. The lowest BCUT2D eigenvalue weighted by Crippen LogP contribution is -2.46. The Bertz CT molecular complexity index is 350. The minimum Gasteiger partial charge on any atom is -0.349 e. The fraction of sp³-hybridized carbons (Fsp3) is 0.833. The van der Waals surface area contributed by atoms with Crippen LogP contribution in [0.15, 0.2) is 0 Å². The Morgan fingerprint density at radius 3 is 2.25 bits per heavy atom. The average Bonchev–Trinajstić information content (AvgIpc) is 2.36. The zero-order valence-corrected chi connectivity index (χ0v) is 11.7. The number of piperidine rings is 1. The van der Waals surface area contributed by atoms with Gasteiger partial charge in [0.1, 0.15) is 0 Å². The lowest BCUT2D eigenvalue weighted by molar-refractivity contribution is -0.140. The second kappa shape index (κ2) is 6.92. The van der Waals surface area contributed by atoms with Gasteiger partial charge in [0.25, 0.3) is 0 Å². The van der Waals surface area contributed by atoms with Crippen LogP contribution < -0.4 is 5.32 Å². The molecule has 0 aromatic rings. The number of halogens is 3. The molecule has 1 heterocycles. The van der Waals surface area contributed by atoms with E-state index in [0.29, 0.717) is 25.9 Å². The van der Waals surface area contributed by atoms with Crippen molar-refractivity contribution in [2.24, 2.45) is 5.92 Å². The molecule has 1 aliphatic heterocycles. The number of nitrogens with zero attached hydrogens (tertiary/aromatic N) is 2. The zero-order chi connectivity index (χ0) is 15.3. The van der Waals surface area contributed by atoms with Gasteiger partial charge in [-0.25, -0.2) is 0 Å². The minimum absolute atomic E-state index is 0.0345. The molecule has 8 heteroatoms. The summed E-state index contributed by atoms with van der Waals surface area (Å²) in [5.74, 6) is -0.422. The number of alkyl halides is 3. The van der Waals surface area contributed by atoms with Gasteiger partial charge in [0, 0.05) is 33.1 Å². The van der Waals surface area contributed by atoms with E-state index >= 15 is 0 Å². The molecule has 1 saturated heterocycles. The minimum atomic E-state index is -4.31. The van der Waals surface area contributed by atoms with Gasteiger partial charge in [0.05, 0.1) is 13.1 Å². The monoisotopic (exact) mass is 295 g/mol. The first-order valence-corrected chi connectivity index (χ1v) is 6.47. The van der Waals surface area contributed by atoms with Crippen LogP contribution in [0.3, 0.4) is 0 Å². The van der Waals surface area contributed by atoms with E-state index in [-0.39, 0.29) is 24.3 Å². The molecule has 0 saturated carbocycles. The van der Waals surface area contributed by atoms with E-state index < -0.39 is 12.7 Å². The quantitative estimate of drug-likeness (QED) is 0.820. The molecule has 5 nitrogen and oxygen atoms in total. The van der Waals surface area contributed by atoms with Gasteiger partial charge in [-0.1, -0.05) is 0 Å². The molecule has 116 valence electrons. The molecule has 0 radical (unpaired) electrons. The van der Waals surface area contributed by atoms with Gasteiger partial charge >= 0.3 is 6.18 Å². The molecule has 20 heavy (non-hydrogen) atoms. The number of hydrogen-bond donors (Lipinski definition) is 1. The number of amides is 2. The van der Waals surface area contributed by atoms with E-state index in [1.165, 1.54) is 9.80 Å². The topological polar surface area (TPSA) is 52.7 Å². The van der Waals surface area contributed by atoms with Crippen molar-refractivity contribution in [3.8, 4) is 0 Å². The normalized spacial score (nSPS) is 17.1. The number of hydrogen-bond acceptors (Lipinski definition) is 3. The molecule has 1 fully saturated rings. The van der Waals surface area contributed by atoms with Gasteiger partial charge in [-0.15, -0.1) is 0 Å². The van der Waals surface area contributed by atoms with E-state index in [9.17, 15) is 22.8 Å². The molecule has 0 aliphatic carbocycles. The largest absolute Gasteiger partial charge is 0.401 e. The van der Waals surface area contributed by atoms with Crippen molar-refractivity contribution in [3.05, 3.63) is 0 Å². The second-order valence-corrected chi connectivity index (χ2v) is 5.11. The maximum atomic E-state index is 11.9. The highest BCUT2D eigenvalue weighted by atomic mass is 19.4. The number of nitrogens with one attached hydrogen (secondary N) is 1. The van der Waals surface area contributed by atoms with Crippen LogP contribution in [0.1, 0.15) is 12.8 Å². The van der Waals surface area contributed by atoms with Gasteiger partial charge in [-0.05, 0) is 12.8 Å². The average molecular weight is 295 g/mol. The molecule has 1 rings (SSSR count). The number of carbonyl (C=O) groups is 2. The van der Waals surface area contributed by atoms with E-state index in [1.807, 2.05) is 0 Å². The first kappa shape index (κ1) is 16.7. The molecule has 0 bridgehead atoms. The Hall–Kier alpha value is -1.31. The lowest BCUT2D eigenvalue weighted by atomic mass is 9.95. The van der Waals surface area contributed by atoms with Gasteiger partial charge in [0.15, 0.2) is 0 Å². The van der Waals surface area contributed by atoms with Crippen LogP contribution in [0.4, 0.5) is 13.2 Å². The summed E-state index contributed by atoms with van der Waals surface area (Å²) in [5.41, 5.74) is 0. The summed E-state index contributed by atoms with van der Waals surface area (Å²) < 4.78 is 35.8. The summed E-state index contributed by atoms with van der Waals surface area (Å²) in [4.78, 5) is 26.5. The number of rotatable bonds is 4. The first-order chi connectivity index (χ1) is 9.20. The van der Waals surface area contributed by atoms with Crippen molar-refractivity contribution in [1.29, 1.82) is 0 Å². The third-order valence-electron chi connectivity index (χ3n) is 3.24. The summed E-state index contributed by atoms with van der Waals surface area (Å²) in [6.07, 6.45) is -3.20. The van der Waals surface area contributed by atoms with Crippen molar-refractivity contribution < 1.29 is 22.8 Å². The number of carbonyl (C=O) groups excluding carboxylic acids is 2. The highest BCUT2D eigenvalue weighted by Gasteiger charge is 2.29. The predicted octanol–water partition coefficient (Wildman–Crippen LogP) is 0.465. The molecule has 0 unspecified atom stereocenters. The fourth-order valence-corrected chi connectivity index (χ4v) is 2.16. The predicted molar refractivity (Wildman–Crippen MR) is 66.9 cm³/mol. The second-order valence-electron chi connectivity index (χ2n) is 5.11. The summed E-state index contributed by atoms with van der Waals surface area (Å²) in [6, 6.07) is 0. The van der Waals surface area contributed by atoms with Crippen LogP contribution in [0.2, 0.25) is 0 Å². The third-order valence-corrected chi connectivity index (χ3v) is 3.24. The highest BCUT2D eigenvalue weighted by molar-refractivity contribution is 5.80. The van der Waals surface area contributed by atoms with Gasteiger partial charge < -0.3 is 15.1 Å². The van der Waals surface area contributed by atoms with Crippen LogP contribution in [-0.4, -0.2) is 68.1 Å². The smallest absolute Gasteiger partial charge is 0.349 e. The van der Waals surface area contributed by atoms with E-state index in [1.54, 1.807) is 14.1 Å². The Morgan fingerprint density at radius 2 is 1.80 bits per heavy atom.